The fourth-order valence-electron chi connectivity index (χ4n) is 3.21. The lowest BCUT2D eigenvalue weighted by molar-refractivity contribution is -0.125. The first kappa shape index (κ1) is 17.0. The summed E-state index contributed by atoms with van der Waals surface area (Å²) in [5, 5.41) is 3.11. The van der Waals surface area contributed by atoms with E-state index in [1.165, 1.54) is 19.3 Å². The number of carbonyl (C=O) groups excluding carboxylic acids is 1. The molecule has 3 N–H and O–H groups in total. The Balaban J connectivity index is 1.86. The molecule has 3 atom stereocenters. The highest BCUT2D eigenvalue weighted by Gasteiger charge is 2.25. The Morgan fingerprint density at radius 2 is 2.09 bits per heavy atom. The third kappa shape index (κ3) is 4.31. The van der Waals surface area contributed by atoms with Crippen molar-refractivity contribution >= 4 is 5.91 Å². The molecule has 1 amide bonds. The first-order valence-electron chi connectivity index (χ1n) is 8.45. The lowest BCUT2D eigenvalue weighted by Crippen LogP contribution is -2.48. The molecule has 22 heavy (non-hydrogen) atoms. The molecule has 0 aliphatic carbocycles. The summed E-state index contributed by atoms with van der Waals surface area (Å²) in [6, 6.07) is 10.1. The van der Waals surface area contributed by atoms with E-state index in [4.69, 9.17) is 5.73 Å². The number of hydrogen-bond acceptors (Lipinski definition) is 3. The van der Waals surface area contributed by atoms with Crippen molar-refractivity contribution in [1.82, 2.24) is 10.2 Å². The Morgan fingerprint density at radius 1 is 1.36 bits per heavy atom. The SMILES string of the molecule is CCN1CCCCC1CNC(=O)C(C)C(N)c1ccccc1. The molecule has 1 aliphatic rings. The van der Waals surface area contributed by atoms with E-state index in [0.717, 1.165) is 25.2 Å². The van der Waals surface area contributed by atoms with Crippen molar-refractivity contribution in [1.29, 1.82) is 0 Å². The van der Waals surface area contributed by atoms with Gasteiger partial charge in [0, 0.05) is 18.6 Å². The van der Waals surface area contributed by atoms with E-state index in [0.29, 0.717) is 6.04 Å². The normalized spacial score (nSPS) is 22.0. The maximum atomic E-state index is 12.4. The number of rotatable bonds is 6. The number of likely N-dealkylation sites (N-methyl/N-ethyl adjacent to an activating group) is 1. The van der Waals surface area contributed by atoms with Gasteiger partial charge in [-0.25, -0.2) is 0 Å². The topological polar surface area (TPSA) is 58.4 Å². The number of hydrogen-bond donors (Lipinski definition) is 2. The summed E-state index contributed by atoms with van der Waals surface area (Å²) in [6.07, 6.45) is 3.71. The van der Waals surface area contributed by atoms with E-state index in [1.807, 2.05) is 37.3 Å². The van der Waals surface area contributed by atoms with E-state index < -0.39 is 0 Å². The molecule has 0 aromatic heterocycles. The lowest BCUT2D eigenvalue weighted by Gasteiger charge is -2.35. The summed E-state index contributed by atoms with van der Waals surface area (Å²) < 4.78 is 0. The molecule has 3 unspecified atom stereocenters. The van der Waals surface area contributed by atoms with Gasteiger partial charge >= 0.3 is 0 Å². The maximum absolute atomic E-state index is 12.4. The second kappa shape index (κ2) is 8.30. The number of likely N-dealkylation sites (tertiary alicyclic amines) is 1. The molecule has 1 aromatic rings. The number of nitrogens with one attached hydrogen (secondary N) is 1. The minimum atomic E-state index is -0.255. The van der Waals surface area contributed by atoms with Crippen molar-refractivity contribution in [3.63, 3.8) is 0 Å². The molecular formula is C18H29N3O. The second-order valence-electron chi connectivity index (χ2n) is 6.25. The van der Waals surface area contributed by atoms with Crippen LogP contribution in [0.15, 0.2) is 30.3 Å². The lowest BCUT2D eigenvalue weighted by atomic mass is 9.94. The summed E-state index contributed by atoms with van der Waals surface area (Å²) >= 11 is 0. The van der Waals surface area contributed by atoms with Crippen LogP contribution >= 0.6 is 0 Å². The molecule has 122 valence electrons. The third-order valence-electron chi connectivity index (χ3n) is 4.80. The van der Waals surface area contributed by atoms with E-state index in [2.05, 4.69) is 17.1 Å². The monoisotopic (exact) mass is 303 g/mol. The van der Waals surface area contributed by atoms with Crippen LogP contribution in [-0.2, 0) is 4.79 Å². The highest BCUT2D eigenvalue weighted by molar-refractivity contribution is 5.79. The number of piperidine rings is 1. The van der Waals surface area contributed by atoms with Crippen molar-refractivity contribution < 1.29 is 4.79 Å². The van der Waals surface area contributed by atoms with Crippen LogP contribution in [0.5, 0.6) is 0 Å². The van der Waals surface area contributed by atoms with Crippen LogP contribution in [0.25, 0.3) is 0 Å². The second-order valence-corrected chi connectivity index (χ2v) is 6.25. The van der Waals surface area contributed by atoms with Gasteiger partial charge in [0.2, 0.25) is 5.91 Å². The first-order valence-corrected chi connectivity index (χ1v) is 8.45. The fourth-order valence-corrected chi connectivity index (χ4v) is 3.21. The maximum Gasteiger partial charge on any atom is 0.224 e. The van der Waals surface area contributed by atoms with Gasteiger partial charge < -0.3 is 11.1 Å². The summed E-state index contributed by atoms with van der Waals surface area (Å²) in [6.45, 7) is 7.04. The van der Waals surface area contributed by atoms with Gasteiger partial charge in [0.1, 0.15) is 0 Å². The summed E-state index contributed by atoms with van der Waals surface area (Å²) in [4.78, 5) is 14.8. The average molecular weight is 303 g/mol. The zero-order valence-electron chi connectivity index (χ0n) is 13.8. The molecule has 0 spiro atoms. The predicted molar refractivity (Wildman–Crippen MR) is 90.4 cm³/mol. The average Bonchev–Trinajstić information content (AvgIpc) is 2.59. The van der Waals surface area contributed by atoms with Crippen LogP contribution in [0.1, 0.15) is 44.7 Å². The smallest absolute Gasteiger partial charge is 0.224 e. The van der Waals surface area contributed by atoms with E-state index in [-0.39, 0.29) is 17.9 Å². The number of nitrogens with two attached hydrogens (primary N) is 1. The van der Waals surface area contributed by atoms with Crippen molar-refractivity contribution in [3.05, 3.63) is 35.9 Å². The van der Waals surface area contributed by atoms with Crippen LogP contribution in [0.2, 0.25) is 0 Å². The summed E-state index contributed by atoms with van der Waals surface area (Å²) in [5.74, 6) is -0.168. The Hall–Kier alpha value is -1.39. The van der Waals surface area contributed by atoms with Crippen LogP contribution in [-0.4, -0.2) is 36.5 Å². The molecule has 0 radical (unpaired) electrons. The number of benzene rings is 1. The van der Waals surface area contributed by atoms with Crippen LogP contribution in [0.3, 0.4) is 0 Å². The minimum Gasteiger partial charge on any atom is -0.354 e. The van der Waals surface area contributed by atoms with Gasteiger partial charge in [-0.05, 0) is 31.5 Å². The van der Waals surface area contributed by atoms with Gasteiger partial charge in [-0.2, -0.15) is 0 Å². The third-order valence-corrected chi connectivity index (χ3v) is 4.80. The van der Waals surface area contributed by atoms with Gasteiger partial charge in [0.05, 0.1) is 5.92 Å². The predicted octanol–water partition coefficient (Wildman–Crippen LogP) is 2.31. The zero-order valence-corrected chi connectivity index (χ0v) is 13.8. The van der Waals surface area contributed by atoms with Crippen LogP contribution in [0.4, 0.5) is 0 Å². The molecule has 1 saturated heterocycles. The Kier molecular flexibility index (Phi) is 6.40. The zero-order chi connectivity index (χ0) is 15.9. The number of nitrogens with zero attached hydrogens (tertiary/aromatic N) is 1. The highest BCUT2D eigenvalue weighted by Crippen LogP contribution is 2.20. The molecule has 0 saturated carbocycles. The van der Waals surface area contributed by atoms with Crippen LogP contribution < -0.4 is 11.1 Å². The molecular weight excluding hydrogens is 274 g/mol. The van der Waals surface area contributed by atoms with E-state index in [1.54, 1.807) is 0 Å². The van der Waals surface area contributed by atoms with E-state index >= 15 is 0 Å². The van der Waals surface area contributed by atoms with Gasteiger partial charge in [0.15, 0.2) is 0 Å². The largest absolute Gasteiger partial charge is 0.354 e. The number of carbonyl (C=O) groups is 1. The fraction of sp³-hybridized carbons (Fsp3) is 0.611. The van der Waals surface area contributed by atoms with Crippen molar-refractivity contribution in [2.45, 2.75) is 45.2 Å². The molecule has 1 aromatic carbocycles. The van der Waals surface area contributed by atoms with E-state index in [9.17, 15) is 4.79 Å². The summed E-state index contributed by atoms with van der Waals surface area (Å²) in [5.41, 5.74) is 7.24. The summed E-state index contributed by atoms with van der Waals surface area (Å²) in [7, 11) is 0. The Bertz CT molecular complexity index is 463. The molecule has 4 nitrogen and oxygen atoms in total. The Labute approximate surface area is 134 Å². The first-order chi connectivity index (χ1) is 10.6. The van der Waals surface area contributed by atoms with Crippen molar-refractivity contribution in [2.75, 3.05) is 19.6 Å². The molecule has 1 aliphatic heterocycles. The molecule has 1 fully saturated rings. The van der Waals surface area contributed by atoms with Crippen molar-refractivity contribution in [2.24, 2.45) is 11.7 Å². The van der Waals surface area contributed by atoms with Crippen molar-refractivity contribution in [3.8, 4) is 0 Å². The van der Waals surface area contributed by atoms with Gasteiger partial charge in [-0.15, -0.1) is 0 Å². The van der Waals surface area contributed by atoms with Gasteiger partial charge in [-0.1, -0.05) is 50.6 Å². The number of amides is 1. The standard InChI is InChI=1S/C18H29N3O/c1-3-21-12-8-7-11-16(21)13-20-18(22)14(2)17(19)15-9-5-4-6-10-15/h4-6,9-10,14,16-17H,3,7-8,11-13,19H2,1-2H3,(H,20,22). The minimum absolute atomic E-state index is 0.0537. The molecule has 0 bridgehead atoms. The molecule has 1 heterocycles. The quantitative estimate of drug-likeness (QED) is 0.848. The van der Waals surface area contributed by atoms with Gasteiger partial charge in [0.25, 0.3) is 0 Å². The highest BCUT2D eigenvalue weighted by atomic mass is 16.1. The molecule has 2 rings (SSSR count). The molecule has 4 heteroatoms. The van der Waals surface area contributed by atoms with Crippen LogP contribution in [0, 0.1) is 5.92 Å². The Morgan fingerprint density at radius 3 is 2.77 bits per heavy atom. The van der Waals surface area contributed by atoms with Gasteiger partial charge in [-0.3, -0.25) is 9.69 Å².